The number of aromatic nitrogens is 1. The summed E-state index contributed by atoms with van der Waals surface area (Å²) in [6.07, 6.45) is 1.07. The van der Waals surface area contributed by atoms with E-state index in [4.69, 9.17) is 14.2 Å². The first kappa shape index (κ1) is 19.1. The molecule has 2 atom stereocenters. The van der Waals surface area contributed by atoms with Crippen molar-refractivity contribution < 1.29 is 24.1 Å². The van der Waals surface area contributed by atoms with Crippen LogP contribution in [-0.4, -0.2) is 61.0 Å². The summed E-state index contributed by atoms with van der Waals surface area (Å²) < 4.78 is 16.4. The molecule has 144 valence electrons. The molecule has 1 aliphatic rings. The SMILES string of the molecule is COc1ccc([C@@H]2[C@@H](CO)OCCN2C(=O)c2ncccc2C)cc1OC. The number of rotatable bonds is 5. The van der Waals surface area contributed by atoms with E-state index < -0.39 is 12.1 Å². The van der Waals surface area contributed by atoms with Crippen LogP contribution in [0.3, 0.4) is 0 Å². The van der Waals surface area contributed by atoms with Gasteiger partial charge in [0, 0.05) is 12.7 Å². The zero-order chi connectivity index (χ0) is 19.4. The van der Waals surface area contributed by atoms with E-state index in [2.05, 4.69) is 4.98 Å². The second kappa shape index (κ2) is 8.37. The van der Waals surface area contributed by atoms with Crippen LogP contribution in [0.25, 0.3) is 0 Å². The molecule has 7 nitrogen and oxygen atoms in total. The number of aliphatic hydroxyl groups is 1. The molecular formula is C20H24N2O5. The van der Waals surface area contributed by atoms with Gasteiger partial charge in [0.25, 0.3) is 5.91 Å². The van der Waals surface area contributed by atoms with Crippen molar-refractivity contribution in [1.82, 2.24) is 9.88 Å². The van der Waals surface area contributed by atoms with Crippen molar-refractivity contribution in [2.45, 2.75) is 19.1 Å². The lowest BCUT2D eigenvalue weighted by molar-refractivity contribution is -0.0813. The molecule has 7 heteroatoms. The highest BCUT2D eigenvalue weighted by atomic mass is 16.5. The molecule has 1 aromatic carbocycles. The molecule has 3 rings (SSSR count). The molecular weight excluding hydrogens is 348 g/mol. The summed E-state index contributed by atoms with van der Waals surface area (Å²) in [4.78, 5) is 19.2. The monoisotopic (exact) mass is 372 g/mol. The Bertz CT molecular complexity index is 811. The van der Waals surface area contributed by atoms with Gasteiger partial charge in [-0.3, -0.25) is 9.78 Å². The number of amides is 1. The second-order valence-corrected chi connectivity index (χ2v) is 6.32. The Balaban J connectivity index is 2.02. The average molecular weight is 372 g/mol. The number of carbonyl (C=O) groups excluding carboxylic acids is 1. The molecule has 2 aromatic rings. The summed E-state index contributed by atoms with van der Waals surface area (Å²) in [5.41, 5.74) is 2.01. The van der Waals surface area contributed by atoms with E-state index in [0.29, 0.717) is 30.3 Å². The van der Waals surface area contributed by atoms with Gasteiger partial charge >= 0.3 is 0 Å². The van der Waals surface area contributed by atoms with Gasteiger partial charge in [-0.05, 0) is 36.2 Å². The molecule has 27 heavy (non-hydrogen) atoms. The molecule has 1 amide bonds. The van der Waals surface area contributed by atoms with Crippen molar-refractivity contribution in [3.8, 4) is 11.5 Å². The molecule has 1 aliphatic heterocycles. The van der Waals surface area contributed by atoms with Gasteiger partial charge < -0.3 is 24.2 Å². The summed E-state index contributed by atoms with van der Waals surface area (Å²) in [5.74, 6) is 0.963. The molecule has 1 aromatic heterocycles. The van der Waals surface area contributed by atoms with E-state index >= 15 is 0 Å². The van der Waals surface area contributed by atoms with Crippen molar-refractivity contribution in [2.75, 3.05) is 34.0 Å². The molecule has 0 aliphatic carbocycles. The maximum absolute atomic E-state index is 13.2. The topological polar surface area (TPSA) is 81.1 Å². The van der Waals surface area contributed by atoms with Crippen LogP contribution in [0, 0.1) is 6.92 Å². The molecule has 0 spiro atoms. The standard InChI is InChI=1S/C20H24N2O5/c1-13-5-4-8-21-18(13)20(24)22-9-10-27-17(12-23)19(22)14-6-7-15(25-2)16(11-14)26-3/h4-8,11,17,19,23H,9-10,12H2,1-3H3/t17-,19-/m1/s1. The number of hydrogen-bond acceptors (Lipinski definition) is 6. The molecule has 2 heterocycles. The van der Waals surface area contributed by atoms with E-state index in [1.165, 1.54) is 0 Å². The summed E-state index contributed by atoms with van der Waals surface area (Å²) in [6, 6.07) is 8.65. The van der Waals surface area contributed by atoms with Crippen LogP contribution in [0.4, 0.5) is 0 Å². The highest BCUT2D eigenvalue weighted by Crippen LogP contribution is 2.36. The molecule has 1 N–H and O–H groups in total. The number of benzene rings is 1. The number of aliphatic hydroxyl groups excluding tert-OH is 1. The Labute approximate surface area is 158 Å². The predicted octanol–water partition coefficient (Wildman–Crippen LogP) is 1.98. The summed E-state index contributed by atoms with van der Waals surface area (Å²) in [6.45, 7) is 2.41. The fraction of sp³-hybridized carbons (Fsp3) is 0.400. The smallest absolute Gasteiger partial charge is 0.273 e. The van der Waals surface area contributed by atoms with E-state index in [0.717, 1.165) is 11.1 Å². The van der Waals surface area contributed by atoms with E-state index in [-0.39, 0.29) is 12.5 Å². The molecule has 1 saturated heterocycles. The van der Waals surface area contributed by atoms with E-state index in [1.807, 2.05) is 25.1 Å². The number of methoxy groups -OCH3 is 2. The summed E-state index contributed by atoms with van der Waals surface area (Å²) in [7, 11) is 3.13. The highest BCUT2D eigenvalue weighted by Gasteiger charge is 2.37. The minimum absolute atomic E-state index is 0.186. The quantitative estimate of drug-likeness (QED) is 0.864. The first-order chi connectivity index (χ1) is 13.1. The lowest BCUT2D eigenvalue weighted by Crippen LogP contribution is -2.49. The summed E-state index contributed by atoms with van der Waals surface area (Å²) in [5, 5.41) is 9.84. The molecule has 0 bridgehead atoms. The normalized spacial score (nSPS) is 19.6. The first-order valence-corrected chi connectivity index (χ1v) is 8.77. The van der Waals surface area contributed by atoms with Crippen molar-refractivity contribution in [2.24, 2.45) is 0 Å². The third kappa shape index (κ3) is 3.74. The Kier molecular flexibility index (Phi) is 5.93. The van der Waals surface area contributed by atoms with Crippen molar-refractivity contribution in [3.05, 3.63) is 53.3 Å². The fourth-order valence-corrected chi connectivity index (χ4v) is 3.39. The minimum Gasteiger partial charge on any atom is -0.493 e. The van der Waals surface area contributed by atoms with Gasteiger partial charge in [-0.1, -0.05) is 12.1 Å². The highest BCUT2D eigenvalue weighted by molar-refractivity contribution is 5.94. The predicted molar refractivity (Wildman–Crippen MR) is 99.1 cm³/mol. The van der Waals surface area contributed by atoms with Crippen LogP contribution in [0.5, 0.6) is 11.5 Å². The lowest BCUT2D eigenvalue weighted by Gasteiger charge is -2.41. The zero-order valence-electron chi connectivity index (χ0n) is 15.7. The van der Waals surface area contributed by atoms with Gasteiger partial charge in [-0.15, -0.1) is 0 Å². The largest absolute Gasteiger partial charge is 0.493 e. The van der Waals surface area contributed by atoms with E-state index in [1.54, 1.807) is 37.4 Å². The number of carbonyl (C=O) groups is 1. The Hall–Kier alpha value is -2.64. The van der Waals surface area contributed by atoms with Gasteiger partial charge in [-0.25, -0.2) is 0 Å². The van der Waals surface area contributed by atoms with Gasteiger partial charge in [0.15, 0.2) is 11.5 Å². The van der Waals surface area contributed by atoms with Crippen molar-refractivity contribution in [3.63, 3.8) is 0 Å². The number of morpholine rings is 1. The summed E-state index contributed by atoms with van der Waals surface area (Å²) >= 11 is 0. The molecule has 1 fully saturated rings. The molecule has 0 radical (unpaired) electrons. The van der Waals surface area contributed by atoms with Crippen LogP contribution < -0.4 is 9.47 Å². The number of pyridine rings is 1. The van der Waals surface area contributed by atoms with Gasteiger partial charge in [0.1, 0.15) is 11.8 Å². The van der Waals surface area contributed by atoms with Crippen LogP contribution >= 0.6 is 0 Å². The maximum Gasteiger partial charge on any atom is 0.273 e. The Morgan fingerprint density at radius 1 is 1.30 bits per heavy atom. The average Bonchev–Trinajstić information content (AvgIpc) is 2.72. The third-order valence-corrected chi connectivity index (χ3v) is 4.75. The molecule has 0 unspecified atom stereocenters. The van der Waals surface area contributed by atoms with Gasteiger partial charge in [-0.2, -0.15) is 0 Å². The Morgan fingerprint density at radius 2 is 2.07 bits per heavy atom. The minimum atomic E-state index is -0.537. The van der Waals surface area contributed by atoms with Crippen LogP contribution in [0.2, 0.25) is 0 Å². The van der Waals surface area contributed by atoms with Gasteiger partial charge in [0.2, 0.25) is 0 Å². The number of aryl methyl sites for hydroxylation is 1. The van der Waals surface area contributed by atoms with Crippen LogP contribution in [0.15, 0.2) is 36.5 Å². The van der Waals surface area contributed by atoms with Gasteiger partial charge in [0.05, 0.1) is 33.5 Å². The first-order valence-electron chi connectivity index (χ1n) is 8.77. The lowest BCUT2D eigenvalue weighted by atomic mass is 9.97. The second-order valence-electron chi connectivity index (χ2n) is 6.32. The zero-order valence-corrected chi connectivity index (χ0v) is 15.7. The van der Waals surface area contributed by atoms with E-state index in [9.17, 15) is 9.90 Å². The van der Waals surface area contributed by atoms with Crippen molar-refractivity contribution >= 4 is 5.91 Å². The molecule has 0 saturated carbocycles. The number of nitrogens with zero attached hydrogens (tertiary/aromatic N) is 2. The third-order valence-electron chi connectivity index (χ3n) is 4.75. The number of hydrogen-bond donors (Lipinski definition) is 1. The fourth-order valence-electron chi connectivity index (χ4n) is 3.39. The number of ether oxygens (including phenoxy) is 3. The van der Waals surface area contributed by atoms with Crippen LogP contribution in [-0.2, 0) is 4.74 Å². The Morgan fingerprint density at radius 3 is 2.74 bits per heavy atom. The van der Waals surface area contributed by atoms with Crippen LogP contribution in [0.1, 0.15) is 27.7 Å². The maximum atomic E-state index is 13.2. The van der Waals surface area contributed by atoms with Crippen molar-refractivity contribution in [1.29, 1.82) is 0 Å².